The topological polar surface area (TPSA) is 35.2 Å². The first-order valence-electron chi connectivity index (χ1n) is 5.52. The predicted octanol–water partition coefficient (Wildman–Crippen LogP) is 2.07. The first-order valence-corrected chi connectivity index (χ1v) is 5.52. The average Bonchev–Trinajstić information content (AvgIpc) is 2.02. The molecule has 1 aliphatic heterocycles. The van der Waals surface area contributed by atoms with Gasteiger partial charge in [-0.05, 0) is 46.0 Å². The maximum absolute atomic E-state index is 6.10. The molecule has 0 amide bonds. The third kappa shape index (κ3) is 1.89. The molecular weight excluding hydrogens is 162 g/mol. The summed E-state index contributed by atoms with van der Waals surface area (Å²) in [6, 6.07) is 0.398. The van der Waals surface area contributed by atoms with Crippen molar-refractivity contribution < 1.29 is 4.74 Å². The number of fused-ring (bicyclic) bond motifs is 1. The minimum atomic E-state index is 0.0955. The number of rotatable bonds is 0. The number of hydrogen-bond acceptors (Lipinski definition) is 2. The van der Waals surface area contributed by atoms with Gasteiger partial charge in [0.1, 0.15) is 0 Å². The molecule has 2 heteroatoms. The number of ether oxygens (including phenoxy) is 1. The standard InChI is InChI=1S/C11H21NO/c1-11(2)7-6-8-9(12)4-3-5-10(8)13-11/h8-10H,3-7,12H2,1-2H3. The van der Waals surface area contributed by atoms with E-state index in [9.17, 15) is 0 Å². The van der Waals surface area contributed by atoms with E-state index in [-0.39, 0.29) is 5.60 Å². The zero-order valence-corrected chi connectivity index (χ0v) is 8.75. The molecule has 2 N–H and O–H groups in total. The lowest BCUT2D eigenvalue weighted by atomic mass is 9.75. The SMILES string of the molecule is CC1(C)CCC2C(N)CCCC2O1. The van der Waals surface area contributed by atoms with Crippen LogP contribution in [0.1, 0.15) is 46.0 Å². The van der Waals surface area contributed by atoms with Crippen molar-refractivity contribution in [1.82, 2.24) is 0 Å². The van der Waals surface area contributed by atoms with Crippen LogP contribution in [-0.2, 0) is 4.74 Å². The molecule has 1 saturated heterocycles. The van der Waals surface area contributed by atoms with Gasteiger partial charge in [-0.25, -0.2) is 0 Å². The molecule has 76 valence electrons. The summed E-state index contributed by atoms with van der Waals surface area (Å²) < 4.78 is 6.07. The minimum absolute atomic E-state index is 0.0955. The van der Waals surface area contributed by atoms with Gasteiger partial charge in [0.2, 0.25) is 0 Å². The van der Waals surface area contributed by atoms with Gasteiger partial charge in [0.25, 0.3) is 0 Å². The monoisotopic (exact) mass is 183 g/mol. The van der Waals surface area contributed by atoms with Gasteiger partial charge in [0.05, 0.1) is 11.7 Å². The maximum atomic E-state index is 6.10. The summed E-state index contributed by atoms with van der Waals surface area (Å²) in [6.45, 7) is 4.40. The van der Waals surface area contributed by atoms with E-state index >= 15 is 0 Å². The summed E-state index contributed by atoms with van der Waals surface area (Å²) in [5.41, 5.74) is 6.19. The van der Waals surface area contributed by atoms with Crippen LogP contribution in [0.15, 0.2) is 0 Å². The molecule has 3 atom stereocenters. The van der Waals surface area contributed by atoms with Gasteiger partial charge in [0.15, 0.2) is 0 Å². The highest BCUT2D eigenvalue weighted by Gasteiger charge is 2.39. The Morgan fingerprint density at radius 1 is 1.23 bits per heavy atom. The van der Waals surface area contributed by atoms with Crippen LogP contribution in [0.5, 0.6) is 0 Å². The molecule has 0 aromatic carbocycles. The quantitative estimate of drug-likeness (QED) is 0.624. The van der Waals surface area contributed by atoms with Gasteiger partial charge in [-0.3, -0.25) is 0 Å². The van der Waals surface area contributed by atoms with Crippen LogP contribution >= 0.6 is 0 Å². The molecule has 13 heavy (non-hydrogen) atoms. The fourth-order valence-electron chi connectivity index (χ4n) is 2.79. The number of nitrogens with two attached hydrogens (primary N) is 1. The molecule has 1 heterocycles. The first-order chi connectivity index (χ1) is 6.08. The molecule has 2 fully saturated rings. The second-order valence-electron chi connectivity index (χ2n) is 5.21. The van der Waals surface area contributed by atoms with E-state index in [4.69, 9.17) is 10.5 Å². The van der Waals surface area contributed by atoms with E-state index in [2.05, 4.69) is 13.8 Å². The lowest BCUT2D eigenvalue weighted by molar-refractivity contribution is -0.149. The van der Waals surface area contributed by atoms with E-state index in [1.165, 1.54) is 32.1 Å². The van der Waals surface area contributed by atoms with Crippen molar-refractivity contribution in [3.05, 3.63) is 0 Å². The summed E-state index contributed by atoms with van der Waals surface area (Å²) in [5.74, 6) is 0.641. The Bertz CT molecular complexity index is 191. The molecule has 0 aromatic rings. The zero-order chi connectivity index (χ0) is 9.47. The van der Waals surface area contributed by atoms with E-state index in [0.29, 0.717) is 18.1 Å². The minimum Gasteiger partial charge on any atom is -0.372 e. The van der Waals surface area contributed by atoms with Gasteiger partial charge in [-0.1, -0.05) is 0 Å². The van der Waals surface area contributed by atoms with Gasteiger partial charge >= 0.3 is 0 Å². The Labute approximate surface area is 80.8 Å². The molecule has 2 rings (SSSR count). The van der Waals surface area contributed by atoms with Crippen molar-refractivity contribution in [2.45, 2.75) is 63.7 Å². The fraction of sp³-hybridized carbons (Fsp3) is 1.00. The van der Waals surface area contributed by atoms with Crippen molar-refractivity contribution >= 4 is 0 Å². The van der Waals surface area contributed by atoms with E-state index in [0.717, 1.165) is 0 Å². The Morgan fingerprint density at radius 3 is 2.77 bits per heavy atom. The van der Waals surface area contributed by atoms with Crippen molar-refractivity contribution in [1.29, 1.82) is 0 Å². The maximum Gasteiger partial charge on any atom is 0.0630 e. The van der Waals surface area contributed by atoms with Crippen LogP contribution in [0.4, 0.5) is 0 Å². The second-order valence-corrected chi connectivity index (χ2v) is 5.21. The third-order valence-corrected chi connectivity index (χ3v) is 3.60. The van der Waals surface area contributed by atoms with Crippen molar-refractivity contribution in [3.8, 4) is 0 Å². The highest BCUT2D eigenvalue weighted by atomic mass is 16.5. The molecule has 2 aliphatic rings. The van der Waals surface area contributed by atoms with Gasteiger partial charge in [-0.2, -0.15) is 0 Å². The fourth-order valence-corrected chi connectivity index (χ4v) is 2.79. The number of hydrogen-bond donors (Lipinski definition) is 1. The normalized spacial score (nSPS) is 44.1. The Hall–Kier alpha value is -0.0800. The summed E-state index contributed by atoms with van der Waals surface area (Å²) in [7, 11) is 0. The van der Waals surface area contributed by atoms with Crippen molar-refractivity contribution in [2.24, 2.45) is 11.7 Å². The van der Waals surface area contributed by atoms with Gasteiger partial charge in [0, 0.05) is 12.0 Å². The molecule has 2 nitrogen and oxygen atoms in total. The summed E-state index contributed by atoms with van der Waals surface area (Å²) in [4.78, 5) is 0. The Kier molecular flexibility index (Phi) is 2.37. The van der Waals surface area contributed by atoms with Crippen LogP contribution in [0.3, 0.4) is 0 Å². The molecule has 1 saturated carbocycles. The lowest BCUT2D eigenvalue weighted by Gasteiger charge is -2.46. The molecule has 0 aromatic heterocycles. The lowest BCUT2D eigenvalue weighted by Crippen LogP contribution is -2.50. The van der Waals surface area contributed by atoms with Crippen LogP contribution in [-0.4, -0.2) is 17.7 Å². The van der Waals surface area contributed by atoms with Crippen molar-refractivity contribution in [2.75, 3.05) is 0 Å². The molecule has 0 radical (unpaired) electrons. The smallest absolute Gasteiger partial charge is 0.0630 e. The summed E-state index contributed by atoms with van der Waals surface area (Å²) in [5, 5.41) is 0. The van der Waals surface area contributed by atoms with Crippen LogP contribution in [0.25, 0.3) is 0 Å². The predicted molar refractivity (Wildman–Crippen MR) is 53.5 cm³/mol. The summed E-state index contributed by atoms with van der Waals surface area (Å²) in [6.07, 6.45) is 6.55. The van der Waals surface area contributed by atoms with Crippen LogP contribution in [0, 0.1) is 5.92 Å². The second kappa shape index (κ2) is 3.25. The highest BCUT2D eigenvalue weighted by Crippen LogP contribution is 2.39. The highest BCUT2D eigenvalue weighted by molar-refractivity contribution is 4.91. The van der Waals surface area contributed by atoms with E-state index < -0.39 is 0 Å². The van der Waals surface area contributed by atoms with E-state index in [1.807, 2.05) is 0 Å². The molecule has 0 spiro atoms. The third-order valence-electron chi connectivity index (χ3n) is 3.60. The zero-order valence-electron chi connectivity index (χ0n) is 8.75. The largest absolute Gasteiger partial charge is 0.372 e. The average molecular weight is 183 g/mol. The molecule has 1 aliphatic carbocycles. The molecular formula is C11H21NO. The Morgan fingerprint density at radius 2 is 2.00 bits per heavy atom. The Balaban J connectivity index is 2.04. The van der Waals surface area contributed by atoms with Crippen LogP contribution < -0.4 is 5.73 Å². The molecule has 3 unspecified atom stereocenters. The van der Waals surface area contributed by atoms with Gasteiger partial charge in [-0.15, -0.1) is 0 Å². The van der Waals surface area contributed by atoms with E-state index in [1.54, 1.807) is 0 Å². The van der Waals surface area contributed by atoms with Gasteiger partial charge < -0.3 is 10.5 Å². The van der Waals surface area contributed by atoms with Crippen molar-refractivity contribution in [3.63, 3.8) is 0 Å². The molecule has 0 bridgehead atoms. The van der Waals surface area contributed by atoms with Crippen LogP contribution in [0.2, 0.25) is 0 Å². The first kappa shape index (κ1) is 9.47. The summed E-state index contributed by atoms with van der Waals surface area (Å²) >= 11 is 0.